The van der Waals surface area contributed by atoms with Crippen molar-refractivity contribution in [2.75, 3.05) is 4.90 Å². The molecular formula is C18H19FN4OS. The van der Waals surface area contributed by atoms with Crippen LogP contribution in [0.5, 0.6) is 0 Å². The third kappa shape index (κ3) is 3.42. The molecule has 5 nitrogen and oxygen atoms in total. The number of anilines is 1. The highest BCUT2D eigenvalue weighted by atomic mass is 32.1. The largest absolute Gasteiger partial charge is 0.347 e. The molecule has 0 atom stereocenters. The predicted molar refractivity (Wildman–Crippen MR) is 95.9 cm³/mol. The lowest BCUT2D eigenvalue weighted by Crippen LogP contribution is -2.36. The number of carbonyl (C=O) groups is 1. The number of H-pyrrole nitrogens is 1. The van der Waals surface area contributed by atoms with Crippen LogP contribution in [0.2, 0.25) is 0 Å². The van der Waals surface area contributed by atoms with Crippen LogP contribution in [0.1, 0.15) is 37.8 Å². The lowest BCUT2D eigenvalue weighted by molar-refractivity contribution is -0.123. The standard InChI is InChI=1S/C18H19FN4OS/c19-13-6-7-16-15(8-13)22-18(25-16)23(10-14-9-20-11-21-14)17(24)12-4-2-1-3-5-12/h6-9,11-12H,1-5,10H2,(H,20,21). The summed E-state index contributed by atoms with van der Waals surface area (Å²) in [6.45, 7) is 0.400. The second kappa shape index (κ2) is 6.92. The van der Waals surface area contributed by atoms with Gasteiger partial charge in [0.05, 0.1) is 28.8 Å². The second-order valence-corrected chi connectivity index (χ2v) is 7.45. The van der Waals surface area contributed by atoms with Crippen molar-refractivity contribution in [2.24, 2.45) is 5.92 Å². The summed E-state index contributed by atoms with van der Waals surface area (Å²) in [4.78, 5) is 26.5. The number of halogens is 1. The summed E-state index contributed by atoms with van der Waals surface area (Å²) >= 11 is 1.42. The third-order valence-electron chi connectivity index (χ3n) is 4.67. The first kappa shape index (κ1) is 16.2. The zero-order valence-electron chi connectivity index (χ0n) is 13.7. The maximum Gasteiger partial charge on any atom is 0.232 e. The molecule has 0 unspecified atom stereocenters. The Hall–Kier alpha value is -2.28. The number of imidazole rings is 1. The monoisotopic (exact) mass is 358 g/mol. The zero-order valence-corrected chi connectivity index (χ0v) is 14.6. The highest BCUT2D eigenvalue weighted by Crippen LogP contribution is 2.33. The van der Waals surface area contributed by atoms with Crippen molar-refractivity contribution in [2.45, 2.75) is 38.6 Å². The molecule has 1 aliphatic rings. The van der Waals surface area contributed by atoms with Gasteiger partial charge >= 0.3 is 0 Å². The van der Waals surface area contributed by atoms with Gasteiger partial charge in [0.1, 0.15) is 5.82 Å². The first-order valence-corrected chi connectivity index (χ1v) is 9.37. The Morgan fingerprint density at radius 1 is 1.32 bits per heavy atom. The van der Waals surface area contributed by atoms with Crippen LogP contribution >= 0.6 is 11.3 Å². The van der Waals surface area contributed by atoms with Gasteiger partial charge in [0.2, 0.25) is 5.91 Å². The third-order valence-corrected chi connectivity index (χ3v) is 5.73. The van der Waals surface area contributed by atoms with Crippen molar-refractivity contribution in [3.8, 4) is 0 Å². The predicted octanol–water partition coefficient (Wildman–Crippen LogP) is 4.27. The van der Waals surface area contributed by atoms with E-state index in [1.165, 1.54) is 29.9 Å². The molecule has 25 heavy (non-hydrogen) atoms. The van der Waals surface area contributed by atoms with Crippen molar-refractivity contribution >= 4 is 32.6 Å². The summed E-state index contributed by atoms with van der Waals surface area (Å²) < 4.78 is 14.3. The van der Waals surface area contributed by atoms with Crippen LogP contribution in [0.3, 0.4) is 0 Å². The average molecular weight is 358 g/mol. The molecule has 3 aromatic rings. The van der Waals surface area contributed by atoms with Gasteiger partial charge in [0.25, 0.3) is 0 Å². The van der Waals surface area contributed by atoms with Gasteiger partial charge in [-0.3, -0.25) is 9.69 Å². The fourth-order valence-electron chi connectivity index (χ4n) is 3.36. The van der Waals surface area contributed by atoms with Crippen LogP contribution in [0, 0.1) is 11.7 Å². The summed E-state index contributed by atoms with van der Waals surface area (Å²) in [5.41, 5.74) is 1.45. The number of hydrogen-bond acceptors (Lipinski definition) is 4. The molecule has 1 aliphatic carbocycles. The minimum Gasteiger partial charge on any atom is -0.347 e. The number of nitrogens with zero attached hydrogens (tertiary/aromatic N) is 3. The van der Waals surface area contributed by atoms with Gasteiger partial charge in [-0.15, -0.1) is 0 Å². The minimum absolute atomic E-state index is 0.0421. The Balaban J connectivity index is 1.68. The Labute approximate surface area is 148 Å². The van der Waals surface area contributed by atoms with Crippen molar-refractivity contribution < 1.29 is 9.18 Å². The van der Waals surface area contributed by atoms with E-state index in [0.717, 1.165) is 36.1 Å². The van der Waals surface area contributed by atoms with Crippen LogP contribution < -0.4 is 4.90 Å². The Morgan fingerprint density at radius 2 is 2.16 bits per heavy atom. The molecule has 2 heterocycles. The molecule has 7 heteroatoms. The molecule has 1 aromatic carbocycles. The van der Waals surface area contributed by atoms with Crippen molar-refractivity contribution in [1.82, 2.24) is 15.0 Å². The van der Waals surface area contributed by atoms with Crippen LogP contribution in [-0.4, -0.2) is 20.9 Å². The van der Waals surface area contributed by atoms with E-state index in [-0.39, 0.29) is 17.6 Å². The van der Waals surface area contributed by atoms with E-state index in [1.54, 1.807) is 23.5 Å². The van der Waals surface area contributed by atoms with Crippen LogP contribution in [-0.2, 0) is 11.3 Å². The lowest BCUT2D eigenvalue weighted by atomic mass is 9.88. The summed E-state index contributed by atoms with van der Waals surface area (Å²) in [5.74, 6) is -0.169. The number of thiazole rings is 1. The average Bonchev–Trinajstić information content (AvgIpc) is 3.28. The van der Waals surface area contributed by atoms with E-state index in [2.05, 4.69) is 15.0 Å². The van der Waals surface area contributed by atoms with Crippen molar-refractivity contribution in [3.05, 3.63) is 42.2 Å². The molecule has 1 saturated carbocycles. The maximum atomic E-state index is 13.5. The van der Waals surface area contributed by atoms with Crippen molar-refractivity contribution in [3.63, 3.8) is 0 Å². The quantitative estimate of drug-likeness (QED) is 0.757. The summed E-state index contributed by atoms with van der Waals surface area (Å²) in [6, 6.07) is 4.55. The molecule has 0 radical (unpaired) electrons. The number of nitrogens with one attached hydrogen (secondary N) is 1. The fraction of sp³-hybridized carbons (Fsp3) is 0.389. The molecule has 1 fully saturated rings. The lowest BCUT2D eigenvalue weighted by Gasteiger charge is -2.27. The summed E-state index contributed by atoms with van der Waals surface area (Å²) in [7, 11) is 0. The zero-order chi connectivity index (χ0) is 17.2. The Kier molecular flexibility index (Phi) is 4.48. The molecule has 0 aliphatic heterocycles. The minimum atomic E-state index is -0.317. The molecule has 0 saturated heterocycles. The van der Waals surface area contributed by atoms with E-state index >= 15 is 0 Å². The SMILES string of the molecule is O=C(C1CCCCC1)N(Cc1cnc[nH]1)c1nc2cc(F)ccc2s1. The number of amides is 1. The van der Waals surface area contributed by atoms with Gasteiger partial charge in [-0.1, -0.05) is 30.6 Å². The molecule has 4 rings (SSSR count). The van der Waals surface area contributed by atoms with Gasteiger partial charge in [-0.2, -0.15) is 0 Å². The topological polar surface area (TPSA) is 61.9 Å². The first-order chi connectivity index (χ1) is 12.2. The van der Waals surface area contributed by atoms with E-state index in [0.29, 0.717) is 17.2 Å². The number of aromatic nitrogens is 3. The molecule has 1 N–H and O–H groups in total. The maximum absolute atomic E-state index is 13.5. The van der Waals surface area contributed by atoms with E-state index in [1.807, 2.05) is 0 Å². The summed E-state index contributed by atoms with van der Waals surface area (Å²) in [5, 5.41) is 0.616. The molecule has 1 amide bonds. The number of aromatic amines is 1. The van der Waals surface area contributed by atoms with Gasteiger partial charge in [-0.05, 0) is 25.0 Å². The molecule has 0 bridgehead atoms. The van der Waals surface area contributed by atoms with E-state index in [4.69, 9.17) is 0 Å². The van der Waals surface area contributed by atoms with Crippen LogP contribution in [0.15, 0.2) is 30.7 Å². The van der Waals surface area contributed by atoms with Gasteiger partial charge in [0.15, 0.2) is 5.13 Å². The number of carbonyl (C=O) groups excluding carboxylic acids is 1. The fourth-order valence-corrected chi connectivity index (χ4v) is 4.31. The first-order valence-electron chi connectivity index (χ1n) is 8.55. The Bertz CT molecular complexity index is 870. The second-order valence-electron chi connectivity index (χ2n) is 6.44. The highest BCUT2D eigenvalue weighted by molar-refractivity contribution is 7.22. The van der Waals surface area contributed by atoms with E-state index in [9.17, 15) is 9.18 Å². The number of benzene rings is 1. The molecular weight excluding hydrogens is 339 g/mol. The van der Waals surface area contributed by atoms with Gasteiger partial charge < -0.3 is 4.98 Å². The number of fused-ring (bicyclic) bond motifs is 1. The molecule has 130 valence electrons. The number of hydrogen-bond donors (Lipinski definition) is 1. The molecule has 0 spiro atoms. The normalized spacial score (nSPS) is 15.6. The van der Waals surface area contributed by atoms with E-state index < -0.39 is 0 Å². The Morgan fingerprint density at radius 3 is 2.92 bits per heavy atom. The highest BCUT2D eigenvalue weighted by Gasteiger charge is 2.29. The van der Waals surface area contributed by atoms with Crippen molar-refractivity contribution in [1.29, 1.82) is 0 Å². The van der Waals surface area contributed by atoms with Gasteiger partial charge in [0, 0.05) is 18.2 Å². The van der Waals surface area contributed by atoms with Gasteiger partial charge in [-0.25, -0.2) is 14.4 Å². The number of rotatable bonds is 4. The smallest absolute Gasteiger partial charge is 0.232 e. The van der Waals surface area contributed by atoms with Crippen LogP contribution in [0.4, 0.5) is 9.52 Å². The van der Waals surface area contributed by atoms with Crippen LogP contribution in [0.25, 0.3) is 10.2 Å². The summed E-state index contributed by atoms with van der Waals surface area (Å²) in [6.07, 6.45) is 8.57. The molecule has 2 aromatic heterocycles.